The Bertz CT molecular complexity index is 1350. The molecule has 1 heterocycles. The number of fused-ring (bicyclic) bond motifs is 1. The number of aromatic nitrogens is 1. The largest absolute Gasteiger partial charge is 0.271 e. The van der Waals surface area contributed by atoms with Crippen molar-refractivity contribution < 1.29 is 13.2 Å². The molecular weight excluding hydrogens is 424 g/mol. The van der Waals surface area contributed by atoms with Crippen LogP contribution in [-0.2, 0) is 14.8 Å². The highest BCUT2D eigenvalue weighted by atomic mass is 32.2. The van der Waals surface area contributed by atoms with Crippen molar-refractivity contribution >= 4 is 38.7 Å². The Kier molecular flexibility index (Phi) is 6.23. The van der Waals surface area contributed by atoms with Gasteiger partial charge in [-0.2, -0.15) is 5.10 Å². The lowest BCUT2D eigenvalue weighted by molar-refractivity contribution is -0.119. The first-order chi connectivity index (χ1) is 15.6. The van der Waals surface area contributed by atoms with E-state index in [1.54, 1.807) is 30.3 Å². The van der Waals surface area contributed by atoms with Crippen molar-refractivity contribution in [1.29, 1.82) is 0 Å². The zero-order valence-corrected chi connectivity index (χ0v) is 17.8. The molecule has 0 fully saturated rings. The Morgan fingerprint density at radius 1 is 0.906 bits per heavy atom. The first-order valence-corrected chi connectivity index (χ1v) is 11.3. The molecule has 0 saturated carbocycles. The third-order valence-corrected chi connectivity index (χ3v) is 6.50. The minimum Gasteiger partial charge on any atom is -0.271 e. The molecule has 0 spiro atoms. The van der Waals surface area contributed by atoms with Crippen molar-refractivity contribution in [3.8, 4) is 0 Å². The molecule has 0 aliphatic heterocycles. The Balaban J connectivity index is 1.55. The number of benzene rings is 3. The molecule has 1 N–H and O–H groups in total. The van der Waals surface area contributed by atoms with Crippen LogP contribution in [0.2, 0.25) is 0 Å². The Labute approximate surface area is 186 Å². The quantitative estimate of drug-likeness (QED) is 0.348. The molecule has 0 atom stereocenters. The van der Waals surface area contributed by atoms with Crippen molar-refractivity contribution in [2.24, 2.45) is 5.10 Å². The first kappa shape index (κ1) is 21.2. The fourth-order valence-electron chi connectivity index (χ4n) is 3.21. The summed E-state index contributed by atoms with van der Waals surface area (Å²) < 4.78 is 27.3. The van der Waals surface area contributed by atoms with E-state index in [0.717, 1.165) is 20.6 Å². The van der Waals surface area contributed by atoms with Crippen molar-refractivity contribution in [1.82, 2.24) is 10.4 Å². The maximum atomic E-state index is 13.2. The van der Waals surface area contributed by atoms with Crippen molar-refractivity contribution in [2.45, 2.75) is 4.90 Å². The van der Waals surface area contributed by atoms with Crippen LogP contribution in [0.3, 0.4) is 0 Å². The SMILES string of the molecule is O=C(CN(c1ccccn1)S(=O)(=O)c1ccccc1)N/N=C\c1cccc2ccccc12. The van der Waals surface area contributed by atoms with E-state index in [0.29, 0.717) is 0 Å². The fourth-order valence-corrected chi connectivity index (χ4v) is 4.61. The molecule has 0 unspecified atom stereocenters. The molecule has 3 aromatic carbocycles. The zero-order valence-electron chi connectivity index (χ0n) is 17.0. The predicted octanol–water partition coefficient (Wildman–Crippen LogP) is 3.58. The van der Waals surface area contributed by atoms with Crippen LogP contribution in [0.15, 0.2) is 107 Å². The number of carbonyl (C=O) groups excluding carboxylic acids is 1. The van der Waals surface area contributed by atoms with Gasteiger partial charge < -0.3 is 0 Å². The van der Waals surface area contributed by atoms with Crippen LogP contribution >= 0.6 is 0 Å². The van der Waals surface area contributed by atoms with Gasteiger partial charge in [0.15, 0.2) is 0 Å². The summed E-state index contributed by atoms with van der Waals surface area (Å²) in [7, 11) is -4.00. The second-order valence-corrected chi connectivity index (χ2v) is 8.74. The van der Waals surface area contributed by atoms with Gasteiger partial charge in [-0.25, -0.2) is 23.1 Å². The summed E-state index contributed by atoms with van der Waals surface area (Å²) in [5, 5.41) is 6.08. The van der Waals surface area contributed by atoms with Crippen molar-refractivity contribution in [2.75, 3.05) is 10.8 Å². The van der Waals surface area contributed by atoms with E-state index in [1.165, 1.54) is 30.6 Å². The highest BCUT2D eigenvalue weighted by molar-refractivity contribution is 7.92. The highest BCUT2D eigenvalue weighted by Crippen LogP contribution is 2.21. The molecule has 4 rings (SSSR count). The molecule has 0 radical (unpaired) electrons. The lowest BCUT2D eigenvalue weighted by Gasteiger charge is -2.22. The summed E-state index contributed by atoms with van der Waals surface area (Å²) in [5.41, 5.74) is 3.25. The van der Waals surface area contributed by atoms with Crippen LogP contribution in [0.4, 0.5) is 5.82 Å². The number of nitrogens with zero attached hydrogens (tertiary/aromatic N) is 3. The minimum absolute atomic E-state index is 0.0673. The standard InChI is InChI=1S/C24H20N4O3S/c29-24(27-26-17-20-11-8-10-19-9-4-5-14-22(19)20)18-28(23-15-6-7-16-25-23)32(30,31)21-12-2-1-3-13-21/h1-17H,18H2,(H,27,29)/b26-17-. The van der Waals surface area contributed by atoms with E-state index < -0.39 is 22.5 Å². The van der Waals surface area contributed by atoms with Crippen molar-refractivity contribution in [3.05, 3.63) is 103 Å². The molecule has 8 heteroatoms. The number of nitrogens with one attached hydrogen (secondary N) is 1. The summed E-state index contributed by atoms with van der Waals surface area (Å²) in [4.78, 5) is 16.8. The number of carbonyl (C=O) groups is 1. The fraction of sp³-hybridized carbons (Fsp3) is 0.0417. The molecule has 160 valence electrons. The van der Waals surface area contributed by atoms with Gasteiger partial charge in [0.2, 0.25) is 0 Å². The second-order valence-electron chi connectivity index (χ2n) is 6.87. The van der Waals surface area contributed by atoms with Gasteiger partial charge >= 0.3 is 0 Å². The van der Waals surface area contributed by atoms with Gasteiger partial charge in [-0.3, -0.25) is 4.79 Å². The number of hydrazone groups is 1. The van der Waals surface area contributed by atoms with E-state index in [9.17, 15) is 13.2 Å². The number of rotatable bonds is 7. The minimum atomic E-state index is -4.00. The molecule has 7 nitrogen and oxygen atoms in total. The van der Waals surface area contributed by atoms with Gasteiger partial charge in [-0.15, -0.1) is 0 Å². The lowest BCUT2D eigenvalue weighted by atomic mass is 10.1. The molecule has 32 heavy (non-hydrogen) atoms. The molecule has 1 amide bonds. The maximum Gasteiger partial charge on any atom is 0.265 e. The van der Waals surface area contributed by atoms with E-state index in [-0.39, 0.29) is 10.7 Å². The van der Waals surface area contributed by atoms with Crippen molar-refractivity contribution in [3.63, 3.8) is 0 Å². The van der Waals surface area contributed by atoms with Crippen LogP contribution < -0.4 is 9.73 Å². The topological polar surface area (TPSA) is 91.7 Å². The Hall–Kier alpha value is -4.04. The Morgan fingerprint density at radius 3 is 2.41 bits per heavy atom. The van der Waals surface area contributed by atoms with Crippen LogP contribution in [-0.4, -0.2) is 32.1 Å². The molecule has 1 aromatic heterocycles. The average molecular weight is 445 g/mol. The van der Waals surface area contributed by atoms with E-state index in [4.69, 9.17) is 0 Å². The number of hydrogen-bond acceptors (Lipinski definition) is 5. The second kappa shape index (κ2) is 9.40. The maximum absolute atomic E-state index is 13.2. The van der Waals surface area contributed by atoms with Gasteiger partial charge in [0.1, 0.15) is 12.4 Å². The van der Waals surface area contributed by atoms with E-state index >= 15 is 0 Å². The number of amides is 1. The average Bonchev–Trinajstić information content (AvgIpc) is 2.84. The van der Waals surface area contributed by atoms with Crippen LogP contribution in [0, 0.1) is 0 Å². The molecule has 0 saturated heterocycles. The van der Waals surface area contributed by atoms with Gasteiger partial charge in [0.25, 0.3) is 15.9 Å². The smallest absolute Gasteiger partial charge is 0.265 e. The first-order valence-electron chi connectivity index (χ1n) is 9.84. The molecule has 0 aliphatic rings. The monoisotopic (exact) mass is 444 g/mol. The number of anilines is 1. The summed E-state index contributed by atoms with van der Waals surface area (Å²) in [6, 6.07) is 26.4. The van der Waals surface area contributed by atoms with Crippen LogP contribution in [0.1, 0.15) is 5.56 Å². The molecule has 0 bridgehead atoms. The Morgan fingerprint density at radius 2 is 1.62 bits per heavy atom. The third kappa shape index (κ3) is 4.65. The third-order valence-electron chi connectivity index (χ3n) is 4.74. The summed E-state index contributed by atoms with van der Waals surface area (Å²) in [6.45, 7) is -0.471. The van der Waals surface area contributed by atoms with Crippen LogP contribution in [0.5, 0.6) is 0 Å². The van der Waals surface area contributed by atoms with E-state index in [2.05, 4.69) is 15.5 Å². The van der Waals surface area contributed by atoms with E-state index in [1.807, 2.05) is 42.5 Å². The summed E-state index contributed by atoms with van der Waals surface area (Å²) >= 11 is 0. The van der Waals surface area contributed by atoms with Gasteiger partial charge in [0.05, 0.1) is 11.1 Å². The molecule has 4 aromatic rings. The lowest BCUT2D eigenvalue weighted by Crippen LogP contribution is -2.40. The van der Waals surface area contributed by atoms with Gasteiger partial charge in [-0.1, -0.05) is 66.7 Å². The number of sulfonamides is 1. The summed E-state index contributed by atoms with van der Waals surface area (Å²) in [6.07, 6.45) is 3.01. The predicted molar refractivity (Wildman–Crippen MR) is 125 cm³/mol. The zero-order chi connectivity index (χ0) is 22.4. The molecular formula is C24H20N4O3S. The molecule has 0 aliphatic carbocycles. The highest BCUT2D eigenvalue weighted by Gasteiger charge is 2.27. The normalized spacial score (nSPS) is 11.5. The number of hydrogen-bond donors (Lipinski definition) is 1. The summed E-state index contributed by atoms with van der Waals surface area (Å²) in [5.74, 6) is -0.448. The van der Waals surface area contributed by atoms with Gasteiger partial charge in [0, 0.05) is 11.8 Å². The van der Waals surface area contributed by atoms with Gasteiger partial charge in [-0.05, 0) is 35.0 Å². The van der Waals surface area contributed by atoms with Crippen LogP contribution in [0.25, 0.3) is 10.8 Å². The number of pyridine rings is 1.